The van der Waals surface area contributed by atoms with E-state index in [1.54, 1.807) is 18.3 Å². The lowest BCUT2D eigenvalue weighted by Crippen LogP contribution is -2.24. The fourth-order valence-corrected chi connectivity index (χ4v) is 0.942. The van der Waals surface area contributed by atoms with E-state index >= 15 is 0 Å². The molecule has 0 aliphatic carbocycles. The predicted octanol–water partition coefficient (Wildman–Crippen LogP) is 1.07. The van der Waals surface area contributed by atoms with E-state index < -0.39 is 0 Å². The van der Waals surface area contributed by atoms with Crippen LogP contribution >= 0.6 is 0 Å². The zero-order chi connectivity index (χ0) is 9.84. The van der Waals surface area contributed by atoms with E-state index in [-0.39, 0.29) is 23.8 Å². The highest BCUT2D eigenvalue weighted by Crippen LogP contribution is 1.95. The fraction of sp³-hybridized carbons (Fsp3) is 0.400. The van der Waals surface area contributed by atoms with Crippen LogP contribution in [0.25, 0.3) is 0 Å². The van der Waals surface area contributed by atoms with Gasteiger partial charge in [-0.1, -0.05) is 19.9 Å². The summed E-state index contributed by atoms with van der Waals surface area (Å²) in [5, 5.41) is 0. The molecule has 0 aliphatic heterocycles. The first-order chi connectivity index (χ1) is 6.11. The van der Waals surface area contributed by atoms with Gasteiger partial charge in [0, 0.05) is 18.2 Å². The van der Waals surface area contributed by atoms with Crippen molar-refractivity contribution in [2.75, 3.05) is 0 Å². The summed E-state index contributed by atoms with van der Waals surface area (Å²) < 4.78 is 1.42. The number of ketones is 1. The number of hydrogen-bond acceptors (Lipinski definition) is 2. The zero-order valence-electron chi connectivity index (χ0n) is 7.86. The third-order valence-electron chi connectivity index (χ3n) is 1.87. The summed E-state index contributed by atoms with van der Waals surface area (Å²) in [5.74, 6) is 0.0559. The number of pyridine rings is 1. The van der Waals surface area contributed by atoms with Crippen molar-refractivity contribution in [3.8, 4) is 0 Å². The molecule has 0 bridgehead atoms. The topological polar surface area (TPSA) is 39.1 Å². The average molecular weight is 179 g/mol. The van der Waals surface area contributed by atoms with Crippen LogP contribution in [0.3, 0.4) is 0 Å². The first kappa shape index (κ1) is 9.71. The van der Waals surface area contributed by atoms with Gasteiger partial charge in [-0.3, -0.25) is 9.59 Å². The number of carbonyl (C=O) groups is 1. The molecular weight excluding hydrogens is 166 g/mol. The molecule has 0 aliphatic rings. The monoisotopic (exact) mass is 179 g/mol. The molecule has 1 rings (SSSR count). The highest BCUT2D eigenvalue weighted by Gasteiger charge is 2.07. The molecule has 1 aromatic rings. The molecule has 0 aromatic carbocycles. The molecule has 3 nitrogen and oxygen atoms in total. The first-order valence-electron chi connectivity index (χ1n) is 4.29. The van der Waals surface area contributed by atoms with Gasteiger partial charge in [0.15, 0.2) is 5.78 Å². The molecule has 0 saturated carbocycles. The number of hydrogen-bond donors (Lipinski definition) is 0. The maximum absolute atomic E-state index is 11.3. The van der Waals surface area contributed by atoms with Crippen LogP contribution in [0.1, 0.15) is 13.8 Å². The Kier molecular flexibility index (Phi) is 3.01. The summed E-state index contributed by atoms with van der Waals surface area (Å²) in [5.41, 5.74) is -0.128. The van der Waals surface area contributed by atoms with Crippen LogP contribution in [0.5, 0.6) is 0 Å². The predicted molar refractivity (Wildman–Crippen MR) is 50.5 cm³/mol. The average Bonchev–Trinajstić information content (AvgIpc) is 2.08. The Hall–Kier alpha value is -1.38. The Morgan fingerprint density at radius 3 is 2.69 bits per heavy atom. The maximum Gasteiger partial charge on any atom is 0.250 e. The molecule has 0 amide bonds. The van der Waals surface area contributed by atoms with Crippen LogP contribution < -0.4 is 5.56 Å². The second-order valence-electron chi connectivity index (χ2n) is 3.29. The highest BCUT2D eigenvalue weighted by molar-refractivity contribution is 5.80. The fourth-order valence-electron chi connectivity index (χ4n) is 0.942. The van der Waals surface area contributed by atoms with Crippen LogP contribution in [0, 0.1) is 5.92 Å². The molecule has 1 heterocycles. The molecule has 0 spiro atoms. The van der Waals surface area contributed by atoms with Crippen LogP contribution in [0.4, 0.5) is 0 Å². The van der Waals surface area contributed by atoms with Crippen LogP contribution in [-0.2, 0) is 11.3 Å². The molecule has 1 aromatic heterocycles. The normalized spacial score (nSPS) is 10.4. The molecule has 0 atom stereocenters. The highest BCUT2D eigenvalue weighted by atomic mass is 16.1. The largest absolute Gasteiger partial charge is 0.308 e. The maximum atomic E-state index is 11.3. The van der Waals surface area contributed by atoms with Crippen molar-refractivity contribution in [3.63, 3.8) is 0 Å². The van der Waals surface area contributed by atoms with E-state index in [9.17, 15) is 9.59 Å². The van der Waals surface area contributed by atoms with Gasteiger partial charge < -0.3 is 4.57 Å². The number of aromatic nitrogens is 1. The lowest BCUT2D eigenvalue weighted by Gasteiger charge is -2.05. The van der Waals surface area contributed by atoms with Gasteiger partial charge in [0.25, 0.3) is 5.56 Å². The minimum Gasteiger partial charge on any atom is -0.308 e. The van der Waals surface area contributed by atoms with Crippen molar-refractivity contribution in [1.82, 2.24) is 4.57 Å². The summed E-state index contributed by atoms with van der Waals surface area (Å²) in [6, 6.07) is 4.86. The summed E-state index contributed by atoms with van der Waals surface area (Å²) in [6.45, 7) is 3.84. The van der Waals surface area contributed by atoms with E-state index in [0.29, 0.717) is 0 Å². The molecule has 0 N–H and O–H groups in total. The molecule has 70 valence electrons. The molecule has 0 radical (unpaired) electrons. The Labute approximate surface area is 77.0 Å². The van der Waals surface area contributed by atoms with Crippen LogP contribution in [0.2, 0.25) is 0 Å². The van der Waals surface area contributed by atoms with E-state index in [0.717, 1.165) is 0 Å². The van der Waals surface area contributed by atoms with E-state index in [1.807, 2.05) is 13.8 Å². The molecule has 0 fully saturated rings. The lowest BCUT2D eigenvalue weighted by molar-refractivity contribution is -0.122. The van der Waals surface area contributed by atoms with Gasteiger partial charge in [0.1, 0.15) is 0 Å². The Morgan fingerprint density at radius 2 is 2.15 bits per heavy atom. The van der Waals surface area contributed by atoms with Gasteiger partial charge in [0.2, 0.25) is 0 Å². The second-order valence-corrected chi connectivity index (χ2v) is 3.29. The van der Waals surface area contributed by atoms with Gasteiger partial charge in [-0.15, -0.1) is 0 Å². The van der Waals surface area contributed by atoms with Crippen molar-refractivity contribution in [1.29, 1.82) is 0 Å². The van der Waals surface area contributed by atoms with Crippen molar-refractivity contribution in [2.45, 2.75) is 20.4 Å². The number of carbonyl (C=O) groups excluding carboxylic acids is 1. The molecular formula is C10H13NO2. The standard InChI is InChI=1S/C10H13NO2/c1-8(2)9(12)7-11-6-4-3-5-10(11)13/h3-6,8H,7H2,1-2H3. The summed E-state index contributed by atoms with van der Waals surface area (Å²) in [6.07, 6.45) is 1.63. The van der Waals surface area contributed by atoms with Gasteiger partial charge in [-0.05, 0) is 6.07 Å². The van der Waals surface area contributed by atoms with Gasteiger partial charge in [-0.25, -0.2) is 0 Å². The van der Waals surface area contributed by atoms with Crippen molar-refractivity contribution >= 4 is 5.78 Å². The molecule has 3 heteroatoms. The number of rotatable bonds is 3. The smallest absolute Gasteiger partial charge is 0.250 e. The summed E-state index contributed by atoms with van der Waals surface area (Å²) in [4.78, 5) is 22.5. The van der Waals surface area contributed by atoms with Crippen molar-refractivity contribution in [2.24, 2.45) is 5.92 Å². The Balaban J connectivity index is 2.81. The van der Waals surface area contributed by atoms with Crippen molar-refractivity contribution < 1.29 is 4.79 Å². The molecule has 13 heavy (non-hydrogen) atoms. The van der Waals surface area contributed by atoms with Crippen LogP contribution in [0.15, 0.2) is 29.2 Å². The Morgan fingerprint density at radius 1 is 1.46 bits per heavy atom. The minimum absolute atomic E-state index is 0.0212. The molecule has 0 unspecified atom stereocenters. The van der Waals surface area contributed by atoms with Crippen molar-refractivity contribution in [3.05, 3.63) is 34.7 Å². The SMILES string of the molecule is CC(C)C(=O)Cn1ccccc1=O. The first-order valence-corrected chi connectivity index (χ1v) is 4.29. The molecule has 0 saturated heterocycles. The van der Waals surface area contributed by atoms with Crippen LogP contribution in [-0.4, -0.2) is 10.4 Å². The van der Waals surface area contributed by atoms with E-state index in [1.165, 1.54) is 10.6 Å². The third-order valence-corrected chi connectivity index (χ3v) is 1.87. The third kappa shape index (κ3) is 2.54. The second kappa shape index (κ2) is 4.03. The summed E-state index contributed by atoms with van der Waals surface area (Å²) in [7, 11) is 0. The van der Waals surface area contributed by atoms with Gasteiger partial charge in [-0.2, -0.15) is 0 Å². The van der Waals surface area contributed by atoms with Gasteiger partial charge in [0.05, 0.1) is 6.54 Å². The van der Waals surface area contributed by atoms with Gasteiger partial charge >= 0.3 is 0 Å². The van der Waals surface area contributed by atoms with E-state index in [4.69, 9.17) is 0 Å². The number of Topliss-reactive ketones (excluding diaryl/α,β-unsaturated/α-hetero) is 1. The lowest BCUT2D eigenvalue weighted by atomic mass is 10.1. The number of nitrogens with zero attached hydrogens (tertiary/aromatic N) is 1. The quantitative estimate of drug-likeness (QED) is 0.696. The minimum atomic E-state index is -0.128. The zero-order valence-corrected chi connectivity index (χ0v) is 7.86. The summed E-state index contributed by atoms with van der Waals surface area (Å²) >= 11 is 0. The van der Waals surface area contributed by atoms with E-state index in [2.05, 4.69) is 0 Å². The Bertz CT molecular complexity index is 352.